The van der Waals surface area contributed by atoms with Crippen LogP contribution in [0.25, 0.3) is 11.8 Å². The van der Waals surface area contributed by atoms with Gasteiger partial charge in [0.1, 0.15) is 5.75 Å². The maximum absolute atomic E-state index is 14.1. The molecule has 7 heteroatoms. The summed E-state index contributed by atoms with van der Waals surface area (Å²) >= 11 is 0. The van der Waals surface area contributed by atoms with E-state index in [2.05, 4.69) is 4.98 Å². The molecule has 0 radical (unpaired) electrons. The number of fused-ring (bicyclic) bond motifs is 1. The molecule has 3 heterocycles. The third-order valence-electron chi connectivity index (χ3n) is 6.14. The second-order valence-electron chi connectivity index (χ2n) is 8.29. The lowest BCUT2D eigenvalue weighted by Crippen LogP contribution is -2.27. The van der Waals surface area contributed by atoms with Crippen LogP contribution in [-0.4, -0.2) is 34.0 Å². The number of methoxy groups -OCH3 is 1. The molecule has 3 aromatic rings. The molecule has 0 N–H and O–H groups in total. The molecule has 1 aromatic heterocycles. The molecule has 1 atom stereocenters. The van der Waals surface area contributed by atoms with Crippen LogP contribution < -0.4 is 4.74 Å². The SMILES string of the molecule is COc1cc(C=C2C(=O)N3CCCC=C3C2c2ccc(F)c(F)c2)ccc1-n1cnc(C)c1. The van der Waals surface area contributed by atoms with Gasteiger partial charge in [0.15, 0.2) is 11.6 Å². The normalized spacial score (nSPS) is 19.1. The summed E-state index contributed by atoms with van der Waals surface area (Å²) in [7, 11) is 1.59. The van der Waals surface area contributed by atoms with Gasteiger partial charge in [0.05, 0.1) is 30.7 Å². The first-order valence-electron chi connectivity index (χ1n) is 10.8. The Bertz CT molecular complexity index is 1310. The summed E-state index contributed by atoms with van der Waals surface area (Å²) in [6.07, 6.45) is 9.19. The Morgan fingerprint density at radius 3 is 2.73 bits per heavy atom. The van der Waals surface area contributed by atoms with Crippen molar-refractivity contribution in [3.8, 4) is 11.4 Å². The Labute approximate surface area is 190 Å². The highest BCUT2D eigenvalue weighted by Crippen LogP contribution is 2.44. The average Bonchev–Trinajstić information content (AvgIpc) is 3.37. The molecular formula is C26H23F2N3O2. The molecule has 33 heavy (non-hydrogen) atoms. The summed E-state index contributed by atoms with van der Waals surface area (Å²) < 4.78 is 35.2. The van der Waals surface area contributed by atoms with Crippen molar-refractivity contribution in [2.75, 3.05) is 13.7 Å². The van der Waals surface area contributed by atoms with Crippen molar-refractivity contribution >= 4 is 12.0 Å². The number of ether oxygens (including phenoxy) is 1. The first kappa shape index (κ1) is 21.1. The number of aryl methyl sites for hydroxylation is 1. The second kappa shape index (κ2) is 8.31. The summed E-state index contributed by atoms with van der Waals surface area (Å²) in [6, 6.07) is 9.52. The van der Waals surface area contributed by atoms with E-state index in [0.29, 0.717) is 23.4 Å². The summed E-state index contributed by atoms with van der Waals surface area (Å²) in [5.41, 5.74) is 4.42. The van der Waals surface area contributed by atoms with Gasteiger partial charge < -0.3 is 14.2 Å². The van der Waals surface area contributed by atoms with E-state index < -0.39 is 17.6 Å². The van der Waals surface area contributed by atoms with Crippen molar-refractivity contribution < 1.29 is 18.3 Å². The van der Waals surface area contributed by atoms with Crippen molar-refractivity contribution in [1.82, 2.24) is 14.5 Å². The van der Waals surface area contributed by atoms with E-state index >= 15 is 0 Å². The van der Waals surface area contributed by atoms with E-state index in [1.54, 1.807) is 24.4 Å². The third-order valence-corrected chi connectivity index (χ3v) is 6.14. The van der Waals surface area contributed by atoms with Crippen LogP contribution in [0.3, 0.4) is 0 Å². The number of rotatable bonds is 4. The highest BCUT2D eigenvalue weighted by Gasteiger charge is 2.41. The topological polar surface area (TPSA) is 47.4 Å². The molecule has 1 saturated heterocycles. The Kier molecular flexibility index (Phi) is 5.32. The number of carbonyl (C=O) groups excluding carboxylic acids is 1. The first-order chi connectivity index (χ1) is 16.0. The van der Waals surface area contributed by atoms with Crippen LogP contribution in [0.1, 0.15) is 35.6 Å². The third kappa shape index (κ3) is 3.73. The number of hydrogen-bond acceptors (Lipinski definition) is 3. The molecule has 2 aromatic carbocycles. The zero-order chi connectivity index (χ0) is 23.1. The average molecular weight is 447 g/mol. The fourth-order valence-electron chi connectivity index (χ4n) is 4.59. The van der Waals surface area contributed by atoms with E-state index in [1.165, 1.54) is 6.07 Å². The predicted octanol–water partition coefficient (Wildman–Crippen LogP) is 5.15. The van der Waals surface area contributed by atoms with Gasteiger partial charge in [-0.3, -0.25) is 4.79 Å². The molecule has 0 spiro atoms. The fourth-order valence-corrected chi connectivity index (χ4v) is 4.59. The zero-order valence-electron chi connectivity index (χ0n) is 18.4. The molecular weight excluding hydrogens is 424 g/mol. The quantitative estimate of drug-likeness (QED) is 0.520. The number of halogens is 2. The summed E-state index contributed by atoms with van der Waals surface area (Å²) in [5, 5.41) is 0. The van der Waals surface area contributed by atoms with Gasteiger partial charge in [0.2, 0.25) is 0 Å². The van der Waals surface area contributed by atoms with Crippen molar-refractivity contribution in [1.29, 1.82) is 0 Å². The summed E-state index contributed by atoms with van der Waals surface area (Å²) in [4.78, 5) is 19.3. The van der Waals surface area contributed by atoms with E-state index in [9.17, 15) is 13.6 Å². The Hall–Kier alpha value is -3.74. The lowest BCUT2D eigenvalue weighted by atomic mass is 9.89. The number of benzene rings is 2. The van der Waals surface area contributed by atoms with Crippen LogP contribution in [0.2, 0.25) is 0 Å². The van der Waals surface area contributed by atoms with Gasteiger partial charge in [0.25, 0.3) is 5.91 Å². The second-order valence-corrected chi connectivity index (χ2v) is 8.29. The van der Waals surface area contributed by atoms with Crippen LogP contribution in [0.15, 0.2) is 66.3 Å². The number of amides is 1. The van der Waals surface area contributed by atoms with Crippen molar-refractivity contribution in [3.63, 3.8) is 0 Å². The Morgan fingerprint density at radius 1 is 1.15 bits per heavy atom. The number of allylic oxidation sites excluding steroid dienone is 2. The highest BCUT2D eigenvalue weighted by atomic mass is 19.2. The van der Waals surface area contributed by atoms with Crippen LogP contribution in [0, 0.1) is 18.6 Å². The van der Waals surface area contributed by atoms with Gasteiger partial charge in [-0.2, -0.15) is 0 Å². The molecule has 2 aliphatic rings. The molecule has 1 amide bonds. The molecule has 2 aliphatic heterocycles. The number of hydrogen-bond donors (Lipinski definition) is 0. The fraction of sp³-hybridized carbons (Fsp3) is 0.231. The van der Waals surface area contributed by atoms with Gasteiger partial charge in [-0.15, -0.1) is 0 Å². The number of aromatic nitrogens is 2. The molecule has 1 fully saturated rings. The van der Waals surface area contributed by atoms with Crippen molar-refractivity contribution in [3.05, 3.63) is 94.7 Å². The number of imidazole rings is 1. The van der Waals surface area contributed by atoms with Crippen molar-refractivity contribution in [2.24, 2.45) is 0 Å². The highest BCUT2D eigenvalue weighted by molar-refractivity contribution is 6.04. The minimum absolute atomic E-state index is 0.107. The standard InChI is InChI=1S/C26H23F2N3O2/c1-16-14-30(15-29-16)22-9-6-17(12-24(22)33-2)11-19-25(18-7-8-20(27)21(28)13-18)23-5-3-4-10-31(23)26(19)32/h5-9,11-15,25H,3-4,10H2,1-2H3. The molecule has 168 valence electrons. The largest absolute Gasteiger partial charge is 0.495 e. The summed E-state index contributed by atoms with van der Waals surface area (Å²) in [5.74, 6) is -1.75. The van der Waals surface area contributed by atoms with E-state index in [4.69, 9.17) is 4.74 Å². The maximum Gasteiger partial charge on any atom is 0.255 e. The van der Waals surface area contributed by atoms with E-state index in [0.717, 1.165) is 41.5 Å². The van der Waals surface area contributed by atoms with Crippen LogP contribution in [-0.2, 0) is 4.79 Å². The predicted molar refractivity (Wildman–Crippen MR) is 121 cm³/mol. The van der Waals surface area contributed by atoms with Crippen molar-refractivity contribution in [2.45, 2.75) is 25.7 Å². The van der Waals surface area contributed by atoms with Crippen LogP contribution >= 0.6 is 0 Å². The minimum atomic E-state index is -0.921. The molecule has 0 bridgehead atoms. The molecule has 0 aliphatic carbocycles. The smallest absolute Gasteiger partial charge is 0.255 e. The first-order valence-corrected chi connectivity index (χ1v) is 10.8. The van der Waals surface area contributed by atoms with E-state index in [1.807, 2.05) is 48.0 Å². The van der Waals surface area contributed by atoms with Gasteiger partial charge in [-0.1, -0.05) is 18.2 Å². The Morgan fingerprint density at radius 2 is 2.00 bits per heavy atom. The molecule has 5 nitrogen and oxygen atoms in total. The number of nitrogens with zero attached hydrogens (tertiary/aromatic N) is 3. The molecule has 5 rings (SSSR count). The minimum Gasteiger partial charge on any atom is -0.495 e. The van der Waals surface area contributed by atoms with Crippen LogP contribution in [0.4, 0.5) is 8.78 Å². The van der Waals surface area contributed by atoms with Gasteiger partial charge in [-0.25, -0.2) is 13.8 Å². The summed E-state index contributed by atoms with van der Waals surface area (Å²) in [6.45, 7) is 2.53. The van der Waals surface area contributed by atoms with Gasteiger partial charge in [-0.05, 0) is 61.2 Å². The zero-order valence-corrected chi connectivity index (χ0v) is 18.4. The van der Waals surface area contributed by atoms with E-state index in [-0.39, 0.29) is 5.91 Å². The van der Waals surface area contributed by atoms with Gasteiger partial charge in [0, 0.05) is 24.0 Å². The van der Waals surface area contributed by atoms with Gasteiger partial charge >= 0.3 is 0 Å². The Balaban J connectivity index is 1.60. The molecule has 0 saturated carbocycles. The lowest BCUT2D eigenvalue weighted by molar-refractivity contribution is -0.123. The van der Waals surface area contributed by atoms with Crippen LogP contribution in [0.5, 0.6) is 5.75 Å². The lowest BCUT2D eigenvalue weighted by Gasteiger charge is -2.24. The maximum atomic E-state index is 14.1. The number of carbonyl (C=O) groups is 1. The monoisotopic (exact) mass is 447 g/mol. The molecule has 1 unspecified atom stereocenters.